The van der Waals surface area contributed by atoms with Crippen molar-refractivity contribution in [2.24, 2.45) is 17.8 Å². The maximum atomic E-state index is 14.8. The fourth-order valence-corrected chi connectivity index (χ4v) is 11.4. The van der Waals surface area contributed by atoms with E-state index in [1.807, 2.05) is 60.7 Å². The van der Waals surface area contributed by atoms with E-state index in [4.69, 9.17) is 23.4 Å². The minimum absolute atomic E-state index is 0.152. The number of hydrogen-bond donors (Lipinski definition) is 4. The summed E-state index contributed by atoms with van der Waals surface area (Å²) in [6.45, 7) is 23.6. The van der Waals surface area contributed by atoms with Crippen LogP contribution in [0.1, 0.15) is 165 Å². The molecule has 0 radical (unpaired) electrons. The van der Waals surface area contributed by atoms with E-state index in [0.29, 0.717) is 13.2 Å². The van der Waals surface area contributed by atoms with Crippen LogP contribution in [-0.2, 0) is 51.0 Å². The predicted molar refractivity (Wildman–Crippen MR) is 282 cm³/mol. The maximum absolute atomic E-state index is 14.8. The molecule has 0 spiro atoms. The van der Waals surface area contributed by atoms with Crippen LogP contribution in [0.15, 0.2) is 60.7 Å². The summed E-state index contributed by atoms with van der Waals surface area (Å²) in [6, 6.07) is 18.5. The molecule has 0 aliphatic heterocycles. The van der Waals surface area contributed by atoms with Gasteiger partial charge >= 0.3 is 12.1 Å². The van der Waals surface area contributed by atoms with Gasteiger partial charge in [-0.05, 0) is 69.3 Å². The first-order valence-corrected chi connectivity index (χ1v) is 29.2. The van der Waals surface area contributed by atoms with Crippen molar-refractivity contribution in [1.82, 2.24) is 16.0 Å². The van der Waals surface area contributed by atoms with Crippen molar-refractivity contribution in [2.45, 2.75) is 227 Å². The monoisotopic (exact) mass is 998 g/mol. The van der Waals surface area contributed by atoms with E-state index in [2.05, 4.69) is 57.5 Å². The van der Waals surface area contributed by atoms with E-state index in [1.165, 1.54) is 51.9 Å². The number of carbonyl (C=O) groups excluding carboxylic acids is 4. The molecule has 8 atom stereocenters. The highest BCUT2D eigenvalue weighted by atomic mass is 28.4. The molecule has 13 nitrogen and oxygen atoms in total. The number of rotatable bonds is 36. The van der Waals surface area contributed by atoms with Gasteiger partial charge in [-0.25, -0.2) is 9.59 Å². The lowest BCUT2D eigenvalue weighted by Gasteiger charge is -2.37. The second kappa shape index (κ2) is 33.8. The topological polar surface area (TPSA) is 171 Å². The van der Waals surface area contributed by atoms with Crippen molar-refractivity contribution in [3.8, 4) is 0 Å². The molecule has 0 aromatic heterocycles. The molecule has 3 amide bonds. The average molecular weight is 998 g/mol. The van der Waals surface area contributed by atoms with Gasteiger partial charge in [0.05, 0.1) is 32.0 Å². The molecule has 0 saturated carbocycles. The summed E-state index contributed by atoms with van der Waals surface area (Å²) >= 11 is 0. The molecule has 2 aromatic carbocycles. The number of nitrogens with one attached hydrogen (secondary N) is 3. The number of aliphatic hydroxyl groups is 1. The Kier molecular flexibility index (Phi) is 30.0. The molecule has 2 rings (SSSR count). The van der Waals surface area contributed by atoms with Crippen molar-refractivity contribution < 1.29 is 47.7 Å². The minimum atomic E-state index is -2.04. The van der Waals surface area contributed by atoms with E-state index in [-0.39, 0.29) is 31.2 Å². The average Bonchev–Trinajstić information content (AvgIpc) is 3.32. The van der Waals surface area contributed by atoms with Crippen molar-refractivity contribution in [3.05, 3.63) is 71.8 Å². The lowest BCUT2D eigenvalue weighted by atomic mass is 9.87. The van der Waals surface area contributed by atoms with Gasteiger partial charge in [-0.1, -0.05) is 180 Å². The van der Waals surface area contributed by atoms with Gasteiger partial charge in [0.2, 0.25) is 11.8 Å². The Morgan fingerprint density at radius 3 is 1.66 bits per heavy atom. The molecule has 0 heterocycles. The van der Waals surface area contributed by atoms with Gasteiger partial charge < -0.3 is 44.4 Å². The van der Waals surface area contributed by atoms with Crippen LogP contribution in [0.2, 0.25) is 18.1 Å². The first kappa shape index (κ1) is 62.3. The van der Waals surface area contributed by atoms with Gasteiger partial charge in [-0.3, -0.25) is 9.59 Å². The van der Waals surface area contributed by atoms with E-state index >= 15 is 0 Å². The summed E-state index contributed by atoms with van der Waals surface area (Å²) in [5, 5.41) is 18.9. The Morgan fingerprint density at radius 1 is 0.643 bits per heavy atom. The van der Waals surface area contributed by atoms with Gasteiger partial charge in [-0.15, -0.1) is 0 Å². The maximum Gasteiger partial charge on any atom is 0.408 e. The molecule has 0 saturated heterocycles. The fraction of sp³-hybridized carbons (Fsp3) is 0.714. The number of carbonyl (C=O) groups is 4. The van der Waals surface area contributed by atoms with Crippen LogP contribution >= 0.6 is 0 Å². The molecule has 398 valence electrons. The van der Waals surface area contributed by atoms with Crippen molar-refractivity contribution >= 4 is 32.2 Å². The Balaban J connectivity index is 2.50. The first-order valence-electron chi connectivity index (χ1n) is 26.7. The van der Waals surface area contributed by atoms with Crippen molar-refractivity contribution in [3.63, 3.8) is 0 Å². The lowest BCUT2D eigenvalue weighted by Crippen LogP contribution is -2.60. The zero-order valence-corrected chi connectivity index (χ0v) is 46.3. The third-order valence-corrected chi connectivity index (χ3v) is 18.0. The van der Waals surface area contributed by atoms with Crippen LogP contribution in [0.3, 0.4) is 0 Å². The van der Waals surface area contributed by atoms with Gasteiger partial charge in [-0.2, -0.15) is 0 Å². The molecule has 0 aliphatic rings. The van der Waals surface area contributed by atoms with Crippen LogP contribution in [0.5, 0.6) is 0 Å². The fourth-order valence-electron chi connectivity index (χ4n) is 8.65. The SMILES string of the molecule is CCCCCCCCCCCCC(OCc1ccccc1)C(C)C(OC(=O)[C@H](COCc1ccccc1)NC(=O)[C@@H](NC(=O)[C@@H](NC(=O)OC(C)(C)C)C(C)C)[C@@H](C)O)[C@@H](C)CO[Si](CC)(CC)CC. The molecule has 4 N–H and O–H groups in total. The zero-order chi connectivity index (χ0) is 52.1. The van der Waals surface area contributed by atoms with Gasteiger partial charge in [0.1, 0.15) is 23.8 Å². The molecular formula is C56H95N3O10Si. The molecule has 3 unspecified atom stereocenters. The normalized spacial score (nSPS) is 15.5. The van der Waals surface area contributed by atoms with Gasteiger partial charge in [0.25, 0.3) is 0 Å². The summed E-state index contributed by atoms with van der Waals surface area (Å²) in [6.07, 6.45) is 9.76. The molecule has 0 aliphatic carbocycles. The summed E-state index contributed by atoms with van der Waals surface area (Å²) in [5.74, 6) is -3.19. The molecule has 70 heavy (non-hydrogen) atoms. The first-order chi connectivity index (χ1) is 33.3. The van der Waals surface area contributed by atoms with Crippen LogP contribution in [0.4, 0.5) is 4.79 Å². The van der Waals surface area contributed by atoms with Gasteiger partial charge in [0, 0.05) is 18.4 Å². The Hall–Kier alpha value is -3.82. The predicted octanol–water partition coefficient (Wildman–Crippen LogP) is 11.2. The number of unbranched alkanes of at least 4 members (excludes halogenated alkanes) is 9. The van der Waals surface area contributed by atoms with E-state index in [1.54, 1.807) is 34.6 Å². The largest absolute Gasteiger partial charge is 0.460 e. The van der Waals surface area contributed by atoms with Crippen molar-refractivity contribution in [1.29, 1.82) is 0 Å². The smallest absolute Gasteiger partial charge is 0.408 e. The number of ether oxygens (including phenoxy) is 4. The summed E-state index contributed by atoms with van der Waals surface area (Å²) in [4.78, 5) is 55.5. The highest BCUT2D eigenvalue weighted by Gasteiger charge is 2.39. The number of hydrogen-bond acceptors (Lipinski definition) is 10. The van der Waals surface area contributed by atoms with Crippen molar-refractivity contribution in [2.75, 3.05) is 13.2 Å². The Bertz CT molecular complexity index is 1730. The second-order valence-electron chi connectivity index (χ2n) is 20.8. The standard InChI is InChI=1S/C56H95N3O10Si/c1-13-17-18-19-20-21-22-23-24-31-36-48(66-39-46-34-29-26-30-35-46)43(8)51(42(7)37-67-70(14-2,15-3)16-4)68-54(63)47(40-65-38-45-32-27-25-28-33-45)57-53(62)50(44(9)60)58-52(61)49(41(5)6)59-55(64)69-56(10,11)12/h25-30,32-35,41-44,47-51,60H,13-24,31,36-40H2,1-12H3,(H,57,62)(H,58,61)(H,59,64)/t42-,43?,44+,47-,48?,49-,50-,51?/m0/s1. The molecule has 2 aromatic rings. The van der Waals surface area contributed by atoms with Gasteiger partial charge in [0.15, 0.2) is 14.4 Å². The molecule has 14 heteroatoms. The lowest BCUT2D eigenvalue weighted by molar-refractivity contribution is -0.166. The zero-order valence-electron chi connectivity index (χ0n) is 45.3. The van der Waals surface area contributed by atoms with Crippen LogP contribution in [0, 0.1) is 17.8 Å². The number of aliphatic hydroxyl groups excluding tert-OH is 1. The van der Waals surface area contributed by atoms with E-state index in [9.17, 15) is 24.3 Å². The van der Waals surface area contributed by atoms with E-state index < -0.39 is 74.0 Å². The molecule has 0 fully saturated rings. The third kappa shape index (κ3) is 24.1. The van der Waals surface area contributed by atoms with Crippen LogP contribution < -0.4 is 16.0 Å². The second-order valence-corrected chi connectivity index (χ2v) is 25.5. The number of benzene rings is 2. The number of amides is 3. The Morgan fingerprint density at radius 2 is 1.16 bits per heavy atom. The van der Waals surface area contributed by atoms with Crippen LogP contribution in [0.25, 0.3) is 0 Å². The summed E-state index contributed by atoms with van der Waals surface area (Å²) < 4.78 is 31.8. The summed E-state index contributed by atoms with van der Waals surface area (Å²) in [7, 11) is -2.04. The number of alkyl carbamates (subject to hydrolysis) is 1. The number of esters is 1. The molecular weight excluding hydrogens is 903 g/mol. The quantitative estimate of drug-likeness (QED) is 0.0293. The summed E-state index contributed by atoms with van der Waals surface area (Å²) in [5.41, 5.74) is 1.11. The minimum Gasteiger partial charge on any atom is -0.460 e. The van der Waals surface area contributed by atoms with E-state index in [0.717, 1.165) is 54.9 Å². The third-order valence-electron chi connectivity index (χ3n) is 13.3. The van der Waals surface area contributed by atoms with Crippen LogP contribution in [-0.4, -0.2) is 92.6 Å². The molecule has 0 bridgehead atoms. The highest BCUT2D eigenvalue weighted by molar-refractivity contribution is 6.73. The Labute approximate surface area is 424 Å². The highest BCUT2D eigenvalue weighted by Crippen LogP contribution is 2.30.